The van der Waals surface area contributed by atoms with Crippen molar-refractivity contribution in [3.05, 3.63) is 35.0 Å². The van der Waals surface area contributed by atoms with E-state index in [1.165, 1.54) is 12.8 Å². The van der Waals surface area contributed by atoms with E-state index in [0.717, 1.165) is 24.3 Å². The van der Waals surface area contributed by atoms with Gasteiger partial charge in [0, 0.05) is 24.5 Å². The Hall–Kier alpha value is -3.03. The molecule has 3 N–H and O–H groups in total. The maximum atomic E-state index is 12.1. The Morgan fingerprint density at radius 3 is 2.65 bits per heavy atom. The first-order valence-electron chi connectivity index (χ1n) is 8.50. The molecule has 1 amide bonds. The van der Waals surface area contributed by atoms with Crippen LogP contribution in [-0.4, -0.2) is 36.7 Å². The predicted octanol–water partition coefficient (Wildman–Crippen LogP) is 2.27. The van der Waals surface area contributed by atoms with Gasteiger partial charge in [-0.3, -0.25) is 4.79 Å². The number of hydrogen-bond donors (Lipinski definition) is 2. The zero-order valence-corrected chi connectivity index (χ0v) is 14.9. The average molecular weight is 358 g/mol. The summed E-state index contributed by atoms with van der Waals surface area (Å²) in [6.45, 7) is 5.21. The lowest BCUT2D eigenvalue weighted by Gasteiger charge is -2.19. The number of nitrogens with zero attached hydrogens (tertiary/aromatic N) is 2. The molecule has 3 rings (SSSR count). The number of benzene rings is 1. The second-order valence-corrected chi connectivity index (χ2v) is 6.32. The second kappa shape index (κ2) is 7.47. The summed E-state index contributed by atoms with van der Waals surface area (Å²) in [7, 11) is 0. The van der Waals surface area contributed by atoms with E-state index in [1.54, 1.807) is 6.92 Å². The van der Waals surface area contributed by atoms with Gasteiger partial charge in [0.25, 0.3) is 5.91 Å². The highest BCUT2D eigenvalue weighted by molar-refractivity contribution is 5.98. The molecule has 1 fully saturated rings. The van der Waals surface area contributed by atoms with Crippen molar-refractivity contribution in [2.24, 2.45) is 0 Å². The Morgan fingerprint density at radius 2 is 2.04 bits per heavy atom. The van der Waals surface area contributed by atoms with Crippen LogP contribution in [0.2, 0.25) is 0 Å². The van der Waals surface area contributed by atoms with Gasteiger partial charge in [-0.1, -0.05) is 5.16 Å². The van der Waals surface area contributed by atoms with Crippen molar-refractivity contribution in [2.75, 3.05) is 35.6 Å². The first kappa shape index (κ1) is 17.8. The highest BCUT2D eigenvalue weighted by atomic mass is 16.5. The molecule has 2 heterocycles. The number of nitrogens with one attached hydrogen (secondary N) is 1. The first-order valence-corrected chi connectivity index (χ1v) is 8.50. The number of carbonyl (C=O) groups excluding carboxylic acids is 2. The molecule has 0 bridgehead atoms. The van der Waals surface area contributed by atoms with Gasteiger partial charge in [0.05, 0.1) is 5.69 Å². The van der Waals surface area contributed by atoms with Gasteiger partial charge in [0.2, 0.25) is 5.88 Å². The number of ether oxygens (including phenoxy) is 1. The van der Waals surface area contributed by atoms with E-state index in [-0.39, 0.29) is 11.4 Å². The molecule has 0 unspecified atom stereocenters. The summed E-state index contributed by atoms with van der Waals surface area (Å²) in [6, 6.07) is 5.90. The van der Waals surface area contributed by atoms with E-state index in [4.69, 9.17) is 15.0 Å². The minimum absolute atomic E-state index is 0.0453. The monoisotopic (exact) mass is 358 g/mol. The second-order valence-electron chi connectivity index (χ2n) is 6.32. The summed E-state index contributed by atoms with van der Waals surface area (Å²) in [6.07, 6.45) is 2.41. The van der Waals surface area contributed by atoms with Crippen molar-refractivity contribution in [3.63, 3.8) is 0 Å². The van der Waals surface area contributed by atoms with Gasteiger partial charge in [0.15, 0.2) is 6.61 Å². The van der Waals surface area contributed by atoms with Gasteiger partial charge < -0.3 is 25.2 Å². The summed E-state index contributed by atoms with van der Waals surface area (Å²) in [5.74, 6) is -1.29. The van der Waals surface area contributed by atoms with Gasteiger partial charge in [0.1, 0.15) is 5.56 Å². The zero-order valence-electron chi connectivity index (χ0n) is 14.9. The molecule has 1 aromatic carbocycles. The van der Waals surface area contributed by atoms with E-state index >= 15 is 0 Å². The van der Waals surface area contributed by atoms with Crippen LogP contribution in [0.4, 0.5) is 17.3 Å². The fraction of sp³-hybridized carbons (Fsp3) is 0.389. The molecule has 1 aromatic heterocycles. The molecule has 1 aliphatic rings. The van der Waals surface area contributed by atoms with Gasteiger partial charge >= 0.3 is 5.97 Å². The summed E-state index contributed by atoms with van der Waals surface area (Å²) < 4.78 is 9.70. The molecular formula is C18H22N4O4. The fourth-order valence-electron chi connectivity index (χ4n) is 2.99. The molecule has 26 heavy (non-hydrogen) atoms. The highest BCUT2D eigenvalue weighted by Gasteiger charge is 2.21. The lowest BCUT2D eigenvalue weighted by atomic mass is 10.1. The Labute approximate surface area is 151 Å². The van der Waals surface area contributed by atoms with Gasteiger partial charge in [-0.15, -0.1) is 0 Å². The van der Waals surface area contributed by atoms with Crippen molar-refractivity contribution in [3.8, 4) is 0 Å². The van der Waals surface area contributed by atoms with Crippen molar-refractivity contribution in [1.29, 1.82) is 0 Å². The van der Waals surface area contributed by atoms with Crippen molar-refractivity contribution in [2.45, 2.75) is 26.7 Å². The average Bonchev–Trinajstić information content (AvgIpc) is 3.25. The zero-order chi connectivity index (χ0) is 18.7. The smallest absolute Gasteiger partial charge is 0.346 e. The molecule has 138 valence electrons. The molecular weight excluding hydrogens is 336 g/mol. The van der Waals surface area contributed by atoms with Gasteiger partial charge in [-0.05, 0) is 50.5 Å². The van der Waals surface area contributed by atoms with Crippen LogP contribution in [0.1, 0.15) is 34.5 Å². The number of nitrogens with two attached hydrogens (primary N) is 1. The number of nitrogen functional groups attached to an aromatic ring is 1. The number of anilines is 3. The topological polar surface area (TPSA) is 111 Å². The first-order chi connectivity index (χ1) is 12.5. The molecule has 0 atom stereocenters. The molecule has 8 heteroatoms. The Balaban J connectivity index is 1.57. The van der Waals surface area contributed by atoms with Crippen LogP contribution in [0.5, 0.6) is 0 Å². The SMILES string of the molecule is Cc1cc(N2CCCC2)ccc1NC(=O)COC(=O)c1c(C)noc1N. The van der Waals surface area contributed by atoms with Crippen LogP contribution in [0, 0.1) is 13.8 Å². The van der Waals surface area contributed by atoms with Crippen LogP contribution in [0.15, 0.2) is 22.7 Å². The lowest BCUT2D eigenvalue weighted by molar-refractivity contribution is -0.119. The van der Waals surface area contributed by atoms with E-state index in [9.17, 15) is 9.59 Å². The summed E-state index contributed by atoms with van der Waals surface area (Å²) >= 11 is 0. The number of hydrogen-bond acceptors (Lipinski definition) is 7. The van der Waals surface area contributed by atoms with Crippen LogP contribution in [-0.2, 0) is 9.53 Å². The largest absolute Gasteiger partial charge is 0.452 e. The standard InChI is InChI=1S/C18H22N4O4/c1-11-9-13(22-7-3-4-8-22)5-6-14(11)20-15(23)10-25-18(24)16-12(2)21-26-17(16)19/h5-6,9H,3-4,7-8,10,19H2,1-2H3,(H,20,23). The predicted molar refractivity (Wildman–Crippen MR) is 97.2 cm³/mol. The Bertz CT molecular complexity index is 805. The quantitative estimate of drug-likeness (QED) is 0.789. The summed E-state index contributed by atoms with van der Waals surface area (Å²) in [4.78, 5) is 26.4. The van der Waals surface area contributed by atoms with Crippen LogP contribution < -0.4 is 16.0 Å². The lowest BCUT2D eigenvalue weighted by Crippen LogP contribution is -2.22. The van der Waals surface area contributed by atoms with Crippen LogP contribution in [0.25, 0.3) is 0 Å². The molecule has 1 saturated heterocycles. The number of aryl methyl sites for hydroxylation is 2. The van der Waals surface area contributed by atoms with Crippen molar-refractivity contribution >= 4 is 29.1 Å². The number of carbonyl (C=O) groups is 2. The van der Waals surface area contributed by atoms with Crippen LogP contribution in [0.3, 0.4) is 0 Å². The fourth-order valence-corrected chi connectivity index (χ4v) is 2.99. The molecule has 0 aliphatic carbocycles. The third-order valence-electron chi connectivity index (χ3n) is 4.38. The van der Waals surface area contributed by atoms with Gasteiger partial charge in [-0.2, -0.15) is 0 Å². The van der Waals surface area contributed by atoms with Crippen molar-refractivity contribution < 1.29 is 18.8 Å². The maximum absolute atomic E-state index is 12.1. The molecule has 0 spiro atoms. The third kappa shape index (κ3) is 3.79. The van der Waals surface area contributed by atoms with Crippen molar-refractivity contribution in [1.82, 2.24) is 5.16 Å². The van der Waals surface area contributed by atoms with E-state index in [1.807, 2.05) is 25.1 Å². The van der Waals surface area contributed by atoms with Gasteiger partial charge in [-0.25, -0.2) is 4.79 Å². The van der Waals surface area contributed by atoms with E-state index < -0.39 is 18.5 Å². The normalized spacial score (nSPS) is 13.7. The summed E-state index contributed by atoms with van der Waals surface area (Å²) in [5.41, 5.74) is 8.69. The van der Waals surface area contributed by atoms with Crippen LogP contribution >= 0.6 is 0 Å². The molecule has 8 nitrogen and oxygen atoms in total. The molecule has 2 aromatic rings. The molecule has 0 radical (unpaired) electrons. The number of esters is 1. The maximum Gasteiger partial charge on any atom is 0.346 e. The number of rotatable bonds is 5. The highest BCUT2D eigenvalue weighted by Crippen LogP contribution is 2.25. The molecule has 1 aliphatic heterocycles. The third-order valence-corrected chi connectivity index (χ3v) is 4.38. The number of amides is 1. The summed E-state index contributed by atoms with van der Waals surface area (Å²) in [5, 5.41) is 6.33. The minimum atomic E-state index is -0.738. The molecule has 0 saturated carbocycles. The van der Waals surface area contributed by atoms with E-state index in [2.05, 4.69) is 15.4 Å². The Kier molecular flexibility index (Phi) is 5.11. The Morgan fingerprint density at radius 1 is 1.31 bits per heavy atom. The minimum Gasteiger partial charge on any atom is -0.452 e. The van der Waals surface area contributed by atoms with E-state index in [0.29, 0.717) is 11.4 Å². The number of aromatic nitrogens is 1.